The second kappa shape index (κ2) is 7.20. The SMILES string of the molecule is CCN1C(=O)[C@H]2[C@@H](c3ccccc3O)N[C@@](Cc3c[nH]c4ccccc34)(C(=O)O)[C@@H]2C1=O. The number of nitrogens with one attached hydrogen (secondary N) is 2. The van der Waals surface area contributed by atoms with Gasteiger partial charge in [0.15, 0.2) is 0 Å². The molecule has 8 heteroatoms. The molecule has 2 aromatic carbocycles. The Morgan fingerprint density at radius 2 is 1.81 bits per heavy atom. The minimum absolute atomic E-state index is 0.00812. The summed E-state index contributed by atoms with van der Waals surface area (Å²) in [7, 11) is 0. The Labute approximate surface area is 183 Å². The number of likely N-dealkylation sites (tertiary alicyclic amines) is 1. The largest absolute Gasteiger partial charge is 0.508 e. The highest BCUT2D eigenvalue weighted by Crippen LogP contribution is 2.51. The highest BCUT2D eigenvalue weighted by molar-refractivity contribution is 6.09. The highest BCUT2D eigenvalue weighted by atomic mass is 16.4. The fraction of sp³-hybridized carbons (Fsp3) is 0.292. The number of rotatable bonds is 5. The Morgan fingerprint density at radius 1 is 1.09 bits per heavy atom. The van der Waals surface area contributed by atoms with Gasteiger partial charge in [-0.1, -0.05) is 36.4 Å². The van der Waals surface area contributed by atoms with Crippen molar-refractivity contribution in [3.63, 3.8) is 0 Å². The number of aliphatic carboxylic acids is 1. The molecule has 2 amide bonds. The zero-order valence-electron chi connectivity index (χ0n) is 17.4. The van der Waals surface area contributed by atoms with E-state index >= 15 is 0 Å². The smallest absolute Gasteiger partial charge is 0.325 e. The van der Waals surface area contributed by atoms with Crippen LogP contribution in [-0.4, -0.2) is 50.0 Å². The van der Waals surface area contributed by atoms with E-state index in [1.54, 1.807) is 31.3 Å². The highest BCUT2D eigenvalue weighted by Gasteiger charge is 2.68. The Bertz CT molecular complexity index is 1250. The van der Waals surface area contributed by atoms with Gasteiger partial charge in [0.25, 0.3) is 0 Å². The number of phenolic OH excluding ortho intramolecular Hbond substituents is 1. The average molecular weight is 433 g/mol. The van der Waals surface area contributed by atoms with Gasteiger partial charge in [0.1, 0.15) is 11.3 Å². The molecule has 4 N–H and O–H groups in total. The monoisotopic (exact) mass is 433 g/mol. The number of carboxylic acids is 1. The summed E-state index contributed by atoms with van der Waals surface area (Å²) in [5.41, 5.74) is 0.295. The number of para-hydroxylation sites is 2. The lowest BCUT2D eigenvalue weighted by atomic mass is 9.76. The molecule has 2 aliphatic rings. The van der Waals surface area contributed by atoms with Crippen molar-refractivity contribution in [1.29, 1.82) is 0 Å². The number of benzene rings is 2. The van der Waals surface area contributed by atoms with Crippen LogP contribution >= 0.6 is 0 Å². The molecule has 0 saturated carbocycles. The molecule has 0 unspecified atom stereocenters. The van der Waals surface area contributed by atoms with Crippen molar-refractivity contribution < 1.29 is 24.6 Å². The summed E-state index contributed by atoms with van der Waals surface area (Å²) in [4.78, 5) is 43.7. The Morgan fingerprint density at radius 3 is 2.53 bits per heavy atom. The maximum Gasteiger partial charge on any atom is 0.325 e. The van der Waals surface area contributed by atoms with E-state index in [1.807, 2.05) is 24.3 Å². The van der Waals surface area contributed by atoms with Crippen LogP contribution in [0.4, 0.5) is 0 Å². The van der Waals surface area contributed by atoms with Gasteiger partial charge in [-0.2, -0.15) is 0 Å². The van der Waals surface area contributed by atoms with Gasteiger partial charge in [-0.05, 0) is 24.6 Å². The first-order valence-electron chi connectivity index (χ1n) is 10.6. The number of hydrogen-bond donors (Lipinski definition) is 4. The lowest BCUT2D eigenvalue weighted by Gasteiger charge is -2.31. The molecule has 2 saturated heterocycles. The van der Waals surface area contributed by atoms with Gasteiger partial charge in [0, 0.05) is 41.7 Å². The van der Waals surface area contributed by atoms with Crippen LogP contribution < -0.4 is 5.32 Å². The number of amides is 2. The number of carbonyl (C=O) groups excluding carboxylic acids is 2. The topological polar surface area (TPSA) is 123 Å². The third-order valence-corrected chi connectivity index (χ3v) is 6.86. The van der Waals surface area contributed by atoms with Crippen LogP contribution in [0.15, 0.2) is 54.7 Å². The number of aromatic hydroxyl groups is 1. The summed E-state index contributed by atoms with van der Waals surface area (Å²) in [5, 5.41) is 24.9. The predicted molar refractivity (Wildman–Crippen MR) is 116 cm³/mol. The third kappa shape index (κ3) is 2.69. The normalized spacial score (nSPS) is 27.3. The van der Waals surface area contributed by atoms with Crippen LogP contribution in [0.3, 0.4) is 0 Å². The number of imide groups is 1. The van der Waals surface area contributed by atoms with Crippen LogP contribution in [0.2, 0.25) is 0 Å². The molecule has 0 radical (unpaired) electrons. The molecule has 2 aliphatic heterocycles. The second-order valence-electron chi connectivity index (χ2n) is 8.42. The minimum atomic E-state index is -1.71. The quantitative estimate of drug-likeness (QED) is 0.458. The number of H-pyrrole nitrogens is 1. The lowest BCUT2D eigenvalue weighted by Crippen LogP contribution is -2.57. The number of carboxylic acid groups (broad SMARTS) is 1. The van der Waals surface area contributed by atoms with Crippen molar-refractivity contribution in [2.45, 2.75) is 24.9 Å². The number of aromatic nitrogens is 1. The average Bonchev–Trinajstić information content (AvgIpc) is 3.42. The number of hydrogen-bond acceptors (Lipinski definition) is 5. The summed E-state index contributed by atoms with van der Waals surface area (Å²) in [6, 6.07) is 13.2. The molecule has 0 aliphatic carbocycles. The molecule has 0 bridgehead atoms. The molecule has 4 atom stereocenters. The molecular weight excluding hydrogens is 410 g/mol. The fourth-order valence-corrected chi connectivity index (χ4v) is 5.41. The summed E-state index contributed by atoms with van der Waals surface area (Å²) in [6.45, 7) is 1.86. The van der Waals surface area contributed by atoms with Crippen LogP contribution in [0.1, 0.15) is 24.1 Å². The van der Waals surface area contributed by atoms with Crippen LogP contribution in [-0.2, 0) is 20.8 Å². The lowest BCUT2D eigenvalue weighted by molar-refractivity contribution is -0.151. The van der Waals surface area contributed by atoms with Gasteiger partial charge < -0.3 is 15.2 Å². The van der Waals surface area contributed by atoms with Crippen molar-refractivity contribution in [3.8, 4) is 5.75 Å². The Balaban J connectivity index is 1.68. The number of carbonyl (C=O) groups is 3. The molecule has 164 valence electrons. The molecule has 3 heterocycles. The molecule has 32 heavy (non-hydrogen) atoms. The summed E-state index contributed by atoms with van der Waals surface area (Å²) in [5.74, 6) is -4.16. The van der Waals surface area contributed by atoms with E-state index in [4.69, 9.17) is 0 Å². The van der Waals surface area contributed by atoms with Gasteiger partial charge in [0.2, 0.25) is 11.8 Å². The predicted octanol–water partition coefficient (Wildman–Crippen LogP) is 2.21. The molecule has 3 aromatic rings. The van der Waals surface area contributed by atoms with Gasteiger partial charge in [-0.15, -0.1) is 0 Å². The van der Waals surface area contributed by atoms with Crippen molar-refractivity contribution in [1.82, 2.24) is 15.2 Å². The van der Waals surface area contributed by atoms with Crippen molar-refractivity contribution >= 4 is 28.7 Å². The standard InChI is InChI=1S/C24H23N3O5/c1-2-27-21(29)18-19(22(27)30)24(23(31)32,26-20(18)15-8-4-6-10-17(15)28)11-13-12-25-16-9-5-3-7-14(13)16/h3-10,12,18-20,25-26,28H,2,11H2,1H3,(H,31,32)/t18-,19+,20-,24-/m1/s1. The zero-order valence-corrected chi connectivity index (χ0v) is 17.4. The van der Waals surface area contributed by atoms with Gasteiger partial charge in [-0.25, -0.2) is 0 Å². The summed E-state index contributed by atoms with van der Waals surface area (Å²) >= 11 is 0. The third-order valence-electron chi connectivity index (χ3n) is 6.86. The van der Waals surface area contributed by atoms with E-state index in [0.29, 0.717) is 5.56 Å². The fourth-order valence-electron chi connectivity index (χ4n) is 5.41. The number of phenols is 1. The minimum Gasteiger partial charge on any atom is -0.508 e. The van der Waals surface area contributed by atoms with Crippen LogP contribution in [0.5, 0.6) is 5.75 Å². The maximum atomic E-state index is 13.3. The molecule has 5 rings (SSSR count). The Kier molecular flexibility index (Phi) is 4.56. The molecule has 0 spiro atoms. The van der Waals surface area contributed by atoms with Crippen LogP contribution in [0, 0.1) is 11.8 Å². The molecular formula is C24H23N3O5. The number of fused-ring (bicyclic) bond motifs is 2. The molecule has 2 fully saturated rings. The number of aromatic amines is 1. The first-order valence-corrected chi connectivity index (χ1v) is 10.6. The number of nitrogens with zero attached hydrogens (tertiary/aromatic N) is 1. The second-order valence-corrected chi connectivity index (χ2v) is 8.42. The van der Waals surface area contributed by atoms with Crippen LogP contribution in [0.25, 0.3) is 10.9 Å². The van der Waals surface area contributed by atoms with E-state index < -0.39 is 41.2 Å². The van der Waals surface area contributed by atoms with E-state index in [2.05, 4.69) is 10.3 Å². The van der Waals surface area contributed by atoms with Gasteiger partial charge >= 0.3 is 5.97 Å². The summed E-state index contributed by atoms with van der Waals surface area (Å²) < 4.78 is 0. The van der Waals surface area contributed by atoms with E-state index in [0.717, 1.165) is 21.4 Å². The zero-order chi connectivity index (χ0) is 22.6. The molecule has 8 nitrogen and oxygen atoms in total. The van der Waals surface area contributed by atoms with Crippen molar-refractivity contribution in [2.75, 3.05) is 6.54 Å². The van der Waals surface area contributed by atoms with E-state index in [-0.39, 0.29) is 18.7 Å². The van der Waals surface area contributed by atoms with Gasteiger partial charge in [0.05, 0.1) is 11.8 Å². The van der Waals surface area contributed by atoms with E-state index in [9.17, 15) is 24.6 Å². The first kappa shape index (κ1) is 20.3. The van der Waals surface area contributed by atoms with E-state index in [1.165, 1.54) is 6.07 Å². The Hall–Kier alpha value is -3.65. The van der Waals surface area contributed by atoms with Gasteiger partial charge in [-0.3, -0.25) is 24.6 Å². The maximum absolute atomic E-state index is 13.3. The van der Waals surface area contributed by atoms with Crippen molar-refractivity contribution in [3.05, 3.63) is 65.9 Å². The molecule has 1 aromatic heterocycles. The first-order chi connectivity index (χ1) is 15.4. The summed E-state index contributed by atoms with van der Waals surface area (Å²) in [6.07, 6.45) is 1.76. The van der Waals surface area contributed by atoms with Crippen molar-refractivity contribution in [2.24, 2.45) is 11.8 Å².